The molecule has 0 fully saturated rings. The molecule has 9 nitrogen and oxygen atoms in total. The van der Waals surface area contributed by atoms with Crippen molar-refractivity contribution in [1.82, 2.24) is 24.5 Å². The first-order chi connectivity index (χ1) is 20.5. The number of anilines is 2. The lowest BCUT2D eigenvalue weighted by atomic mass is 10.1. The third-order valence-electron chi connectivity index (χ3n) is 6.95. The van der Waals surface area contributed by atoms with Crippen LogP contribution < -0.4 is 20.5 Å². The van der Waals surface area contributed by atoms with E-state index in [0.717, 1.165) is 28.1 Å². The molecule has 0 bridgehead atoms. The number of ether oxygens (including phenoxy) is 2. The molecular formula is C32H28FN7O2. The van der Waals surface area contributed by atoms with Gasteiger partial charge in [-0.2, -0.15) is 0 Å². The lowest BCUT2D eigenvalue weighted by Gasteiger charge is -2.15. The number of nitrogens with zero attached hydrogens (tertiary/aromatic N) is 5. The predicted molar refractivity (Wildman–Crippen MR) is 160 cm³/mol. The molecule has 0 aliphatic carbocycles. The number of rotatable bonds is 9. The van der Waals surface area contributed by atoms with Crippen molar-refractivity contribution in [3.05, 3.63) is 114 Å². The van der Waals surface area contributed by atoms with E-state index >= 15 is 4.39 Å². The zero-order valence-electron chi connectivity index (χ0n) is 23.1. The summed E-state index contributed by atoms with van der Waals surface area (Å²) in [7, 11) is 1.63. The molecule has 0 amide bonds. The van der Waals surface area contributed by atoms with Gasteiger partial charge in [-0.1, -0.05) is 42.5 Å². The summed E-state index contributed by atoms with van der Waals surface area (Å²) in [6, 6.07) is 22.3. The van der Waals surface area contributed by atoms with Crippen LogP contribution >= 0.6 is 0 Å². The summed E-state index contributed by atoms with van der Waals surface area (Å²) >= 11 is 0. The van der Waals surface area contributed by atoms with Crippen LogP contribution in [0, 0.1) is 12.7 Å². The van der Waals surface area contributed by atoms with Crippen molar-refractivity contribution >= 4 is 22.8 Å². The molecule has 0 radical (unpaired) electrons. The van der Waals surface area contributed by atoms with Gasteiger partial charge in [-0.05, 0) is 42.3 Å². The molecule has 0 saturated carbocycles. The Balaban J connectivity index is 1.44. The van der Waals surface area contributed by atoms with Crippen LogP contribution in [0.3, 0.4) is 0 Å². The van der Waals surface area contributed by atoms with E-state index in [1.165, 1.54) is 12.4 Å². The van der Waals surface area contributed by atoms with Crippen LogP contribution in [0.25, 0.3) is 28.0 Å². The number of halogens is 1. The van der Waals surface area contributed by atoms with Crippen molar-refractivity contribution in [1.29, 1.82) is 0 Å². The third-order valence-corrected chi connectivity index (χ3v) is 6.95. The second-order valence-electron chi connectivity index (χ2n) is 9.65. The number of nitrogen functional groups attached to an aromatic ring is 1. The van der Waals surface area contributed by atoms with Gasteiger partial charge in [0, 0.05) is 41.8 Å². The fraction of sp³-hybridized carbons (Fsp3) is 0.125. The summed E-state index contributed by atoms with van der Waals surface area (Å²) in [5, 5.41) is 3.43. The number of aromatic nitrogens is 5. The SMILES string of the molecule is COc1ccc(CNc2ncnc3c(C)c(-c4cnc(N)nc4)n(-c4ccc(OCc5ccccc5)c(F)c4)c23)cc1. The van der Waals surface area contributed by atoms with E-state index in [0.29, 0.717) is 34.6 Å². The number of aryl methyl sites for hydroxylation is 1. The molecule has 3 heterocycles. The third kappa shape index (κ3) is 5.29. The summed E-state index contributed by atoms with van der Waals surface area (Å²) in [5.74, 6) is 1.19. The van der Waals surface area contributed by atoms with Crippen molar-refractivity contribution in [3.63, 3.8) is 0 Å². The molecule has 0 saturated heterocycles. The second-order valence-corrected chi connectivity index (χ2v) is 9.65. The molecule has 0 aliphatic rings. The van der Waals surface area contributed by atoms with Gasteiger partial charge in [0.2, 0.25) is 5.95 Å². The molecule has 3 N–H and O–H groups in total. The van der Waals surface area contributed by atoms with Crippen LogP contribution in [0.15, 0.2) is 91.5 Å². The van der Waals surface area contributed by atoms with Crippen molar-refractivity contribution in [3.8, 4) is 28.4 Å². The summed E-state index contributed by atoms with van der Waals surface area (Å²) < 4.78 is 28.5. The van der Waals surface area contributed by atoms with Crippen LogP contribution in [0.4, 0.5) is 16.2 Å². The number of hydrogen-bond donors (Lipinski definition) is 2. The predicted octanol–water partition coefficient (Wildman–Crippen LogP) is 6.11. The number of nitrogens with two attached hydrogens (primary N) is 1. The average Bonchev–Trinajstić information content (AvgIpc) is 3.33. The summed E-state index contributed by atoms with van der Waals surface area (Å²) in [6.07, 6.45) is 4.80. The number of nitrogens with one attached hydrogen (secondary N) is 1. The molecule has 0 spiro atoms. The fourth-order valence-corrected chi connectivity index (χ4v) is 4.86. The highest BCUT2D eigenvalue weighted by Crippen LogP contribution is 2.38. The zero-order valence-corrected chi connectivity index (χ0v) is 23.1. The van der Waals surface area contributed by atoms with Gasteiger partial charge < -0.3 is 25.1 Å². The van der Waals surface area contributed by atoms with Crippen LogP contribution in [-0.2, 0) is 13.2 Å². The van der Waals surface area contributed by atoms with Crippen LogP contribution in [0.5, 0.6) is 11.5 Å². The number of hydrogen-bond acceptors (Lipinski definition) is 8. The maximum absolute atomic E-state index is 15.5. The van der Waals surface area contributed by atoms with E-state index in [9.17, 15) is 0 Å². The number of methoxy groups -OCH3 is 1. The molecule has 42 heavy (non-hydrogen) atoms. The Morgan fingerprint density at radius 1 is 0.905 bits per heavy atom. The Labute approximate surface area is 241 Å². The molecule has 6 aromatic rings. The van der Waals surface area contributed by atoms with Gasteiger partial charge in [0.25, 0.3) is 0 Å². The van der Waals surface area contributed by atoms with Crippen molar-refractivity contribution in [2.75, 3.05) is 18.2 Å². The van der Waals surface area contributed by atoms with Gasteiger partial charge in [0.05, 0.1) is 18.3 Å². The molecule has 0 unspecified atom stereocenters. The molecule has 10 heteroatoms. The maximum Gasteiger partial charge on any atom is 0.219 e. The van der Waals surface area contributed by atoms with Gasteiger partial charge in [-0.3, -0.25) is 0 Å². The Hall–Kier alpha value is -5.51. The van der Waals surface area contributed by atoms with Gasteiger partial charge in [-0.25, -0.2) is 24.3 Å². The maximum atomic E-state index is 15.5. The van der Waals surface area contributed by atoms with Crippen LogP contribution in [-0.4, -0.2) is 31.6 Å². The molecule has 0 aliphatic heterocycles. The number of fused-ring (bicyclic) bond motifs is 1. The molecule has 210 valence electrons. The Morgan fingerprint density at radius 2 is 1.67 bits per heavy atom. The van der Waals surface area contributed by atoms with Crippen molar-refractivity contribution < 1.29 is 13.9 Å². The molecule has 3 aromatic carbocycles. The van der Waals surface area contributed by atoms with E-state index in [1.807, 2.05) is 72.2 Å². The Bertz CT molecular complexity index is 1840. The molecule has 6 rings (SSSR count). The highest BCUT2D eigenvalue weighted by atomic mass is 19.1. The minimum Gasteiger partial charge on any atom is -0.497 e. The topological polar surface area (TPSA) is 113 Å². The quantitative estimate of drug-likeness (QED) is 0.218. The largest absolute Gasteiger partial charge is 0.497 e. The van der Waals surface area contributed by atoms with Crippen LogP contribution in [0.2, 0.25) is 0 Å². The number of benzene rings is 3. The van der Waals surface area contributed by atoms with E-state index < -0.39 is 5.82 Å². The normalized spacial score (nSPS) is 11.0. The molecule has 0 atom stereocenters. The van der Waals surface area contributed by atoms with Gasteiger partial charge in [-0.15, -0.1) is 0 Å². The second kappa shape index (κ2) is 11.5. The van der Waals surface area contributed by atoms with Gasteiger partial charge >= 0.3 is 0 Å². The highest BCUT2D eigenvalue weighted by molar-refractivity contribution is 5.96. The first kappa shape index (κ1) is 26.7. The van der Waals surface area contributed by atoms with E-state index in [4.69, 9.17) is 15.2 Å². The lowest BCUT2D eigenvalue weighted by molar-refractivity contribution is 0.290. The van der Waals surface area contributed by atoms with Gasteiger partial charge in [0.1, 0.15) is 24.2 Å². The lowest BCUT2D eigenvalue weighted by Crippen LogP contribution is -2.06. The molecular weight excluding hydrogens is 533 g/mol. The summed E-state index contributed by atoms with van der Waals surface area (Å²) in [5.41, 5.74) is 12.0. The minimum atomic E-state index is -0.493. The fourth-order valence-electron chi connectivity index (χ4n) is 4.86. The summed E-state index contributed by atoms with van der Waals surface area (Å²) in [6.45, 7) is 2.71. The van der Waals surface area contributed by atoms with E-state index in [1.54, 1.807) is 25.6 Å². The molecule has 3 aromatic heterocycles. The average molecular weight is 562 g/mol. The van der Waals surface area contributed by atoms with Crippen molar-refractivity contribution in [2.24, 2.45) is 0 Å². The van der Waals surface area contributed by atoms with Gasteiger partial charge in [0.15, 0.2) is 17.4 Å². The zero-order chi connectivity index (χ0) is 29.1. The van der Waals surface area contributed by atoms with E-state index in [2.05, 4.69) is 25.3 Å². The monoisotopic (exact) mass is 561 g/mol. The Kier molecular flexibility index (Phi) is 7.33. The summed E-state index contributed by atoms with van der Waals surface area (Å²) in [4.78, 5) is 17.6. The minimum absolute atomic E-state index is 0.155. The first-order valence-electron chi connectivity index (χ1n) is 13.3. The van der Waals surface area contributed by atoms with Crippen molar-refractivity contribution in [2.45, 2.75) is 20.1 Å². The first-order valence-corrected chi connectivity index (χ1v) is 13.3. The smallest absolute Gasteiger partial charge is 0.219 e. The Morgan fingerprint density at radius 3 is 2.38 bits per heavy atom. The standard InChI is InChI=1S/C32H28FN7O2/c1-20-28-30(31(39-19-38-28)35-15-21-8-11-25(41-2)12-9-21)40(29(20)23-16-36-32(34)37-17-23)24-10-13-27(26(33)14-24)42-18-22-6-4-3-5-7-22/h3-14,16-17,19H,15,18H2,1-2H3,(H2,34,36,37)(H,35,38,39). The van der Waals surface area contributed by atoms with Crippen LogP contribution in [0.1, 0.15) is 16.7 Å². The van der Waals surface area contributed by atoms with E-state index in [-0.39, 0.29) is 18.3 Å². The highest BCUT2D eigenvalue weighted by Gasteiger charge is 2.23.